The Balaban J connectivity index is 1.77. The molecule has 3 amide bonds. The topological polar surface area (TPSA) is 75.3 Å². The van der Waals surface area contributed by atoms with Gasteiger partial charge in [0.05, 0.1) is 5.41 Å². The van der Waals surface area contributed by atoms with Gasteiger partial charge in [0.2, 0.25) is 11.8 Å². The van der Waals surface area contributed by atoms with Crippen molar-refractivity contribution in [2.75, 3.05) is 5.32 Å². The zero-order chi connectivity index (χ0) is 18.7. The molecule has 1 aliphatic heterocycles. The van der Waals surface area contributed by atoms with Crippen molar-refractivity contribution in [1.82, 2.24) is 5.32 Å². The Hall–Kier alpha value is -2.66. The lowest BCUT2D eigenvalue weighted by atomic mass is 9.72. The van der Waals surface area contributed by atoms with Crippen molar-refractivity contribution in [3.63, 3.8) is 0 Å². The Morgan fingerprint density at radius 1 is 1.12 bits per heavy atom. The van der Waals surface area contributed by atoms with Crippen LogP contribution >= 0.6 is 11.6 Å². The molecule has 0 radical (unpaired) electrons. The molecule has 1 atom stereocenters. The number of benzene rings is 2. The van der Waals surface area contributed by atoms with Crippen LogP contribution in [0.4, 0.5) is 5.69 Å². The lowest BCUT2D eigenvalue weighted by molar-refractivity contribution is -0.138. The van der Waals surface area contributed by atoms with Gasteiger partial charge in [-0.15, -0.1) is 0 Å². The van der Waals surface area contributed by atoms with E-state index in [2.05, 4.69) is 10.6 Å². The van der Waals surface area contributed by atoms with Gasteiger partial charge < -0.3 is 5.32 Å². The molecule has 2 aromatic carbocycles. The fraction of sp³-hybridized carbons (Fsp3) is 0.250. The monoisotopic (exact) mass is 370 g/mol. The van der Waals surface area contributed by atoms with Crippen molar-refractivity contribution < 1.29 is 14.4 Å². The molecule has 0 aliphatic carbocycles. The van der Waals surface area contributed by atoms with Crippen molar-refractivity contribution in [2.45, 2.75) is 31.6 Å². The number of rotatable bonds is 4. The average Bonchev–Trinajstić information content (AvgIpc) is 2.64. The number of halogens is 1. The second-order valence-electron chi connectivity index (χ2n) is 6.35. The Kier molecular flexibility index (Phi) is 5.09. The van der Waals surface area contributed by atoms with Gasteiger partial charge in [-0.1, -0.05) is 30.7 Å². The molecule has 0 saturated carbocycles. The smallest absolute Gasteiger partial charge is 0.255 e. The predicted octanol–water partition coefficient (Wildman–Crippen LogP) is 3.68. The molecule has 0 aromatic heterocycles. The van der Waals surface area contributed by atoms with E-state index in [0.29, 0.717) is 35.5 Å². The van der Waals surface area contributed by atoms with Crippen LogP contribution in [-0.4, -0.2) is 17.7 Å². The molecular weight excluding hydrogens is 352 g/mol. The van der Waals surface area contributed by atoms with E-state index in [1.165, 1.54) is 0 Å². The molecular formula is C20H19ClN2O3. The van der Waals surface area contributed by atoms with Crippen LogP contribution in [0.5, 0.6) is 0 Å². The van der Waals surface area contributed by atoms with Crippen LogP contribution in [-0.2, 0) is 15.0 Å². The number of nitrogens with one attached hydrogen (secondary N) is 2. The minimum atomic E-state index is -0.702. The number of hydrogen-bond donors (Lipinski definition) is 2. The van der Waals surface area contributed by atoms with Crippen molar-refractivity contribution >= 4 is 35.0 Å². The van der Waals surface area contributed by atoms with Crippen LogP contribution in [0.25, 0.3) is 0 Å². The quantitative estimate of drug-likeness (QED) is 0.806. The van der Waals surface area contributed by atoms with E-state index < -0.39 is 5.41 Å². The first-order valence-electron chi connectivity index (χ1n) is 8.46. The minimum Gasteiger partial charge on any atom is -0.322 e. The molecule has 2 aromatic rings. The summed E-state index contributed by atoms with van der Waals surface area (Å²) in [4.78, 5) is 36.1. The number of carbonyl (C=O) groups is 3. The van der Waals surface area contributed by atoms with E-state index in [9.17, 15) is 14.4 Å². The number of anilines is 1. The summed E-state index contributed by atoms with van der Waals surface area (Å²) < 4.78 is 0. The molecule has 2 N–H and O–H groups in total. The Morgan fingerprint density at radius 2 is 1.77 bits per heavy atom. The molecule has 1 saturated heterocycles. The number of amides is 3. The highest BCUT2D eigenvalue weighted by atomic mass is 35.5. The van der Waals surface area contributed by atoms with E-state index in [1.54, 1.807) is 36.4 Å². The Morgan fingerprint density at radius 3 is 2.35 bits per heavy atom. The molecule has 1 aliphatic rings. The largest absolute Gasteiger partial charge is 0.322 e. The van der Waals surface area contributed by atoms with Gasteiger partial charge in [0.1, 0.15) is 0 Å². The van der Waals surface area contributed by atoms with Crippen LogP contribution in [0, 0.1) is 0 Å². The standard InChI is InChI=1S/C20H19ClN2O3/c1-2-20(12-11-17(24)23-19(20)26)14-5-9-16(10-6-14)22-18(25)13-3-7-15(21)8-4-13/h3-10H,2,11-12H2,1H3,(H,22,25)(H,23,24,26). The second-order valence-corrected chi connectivity index (χ2v) is 6.79. The number of carbonyl (C=O) groups excluding carboxylic acids is 3. The van der Waals surface area contributed by atoms with E-state index in [0.717, 1.165) is 5.56 Å². The number of piperidine rings is 1. The molecule has 26 heavy (non-hydrogen) atoms. The summed E-state index contributed by atoms with van der Waals surface area (Å²) in [7, 11) is 0. The van der Waals surface area contributed by atoms with Gasteiger partial charge in [0, 0.05) is 22.7 Å². The molecule has 6 heteroatoms. The summed E-state index contributed by atoms with van der Waals surface area (Å²) in [5.41, 5.74) is 1.28. The minimum absolute atomic E-state index is 0.231. The lowest BCUT2D eigenvalue weighted by Crippen LogP contribution is -2.51. The van der Waals surface area contributed by atoms with Crippen molar-refractivity contribution in [2.24, 2.45) is 0 Å². The lowest BCUT2D eigenvalue weighted by Gasteiger charge is -2.35. The van der Waals surface area contributed by atoms with Gasteiger partial charge >= 0.3 is 0 Å². The van der Waals surface area contributed by atoms with Crippen molar-refractivity contribution in [3.8, 4) is 0 Å². The van der Waals surface area contributed by atoms with Gasteiger partial charge in [-0.3, -0.25) is 19.7 Å². The van der Waals surface area contributed by atoms with Gasteiger partial charge in [0.25, 0.3) is 5.91 Å². The summed E-state index contributed by atoms with van der Waals surface area (Å²) in [6.45, 7) is 1.94. The molecule has 5 nitrogen and oxygen atoms in total. The first kappa shape index (κ1) is 18.1. The fourth-order valence-electron chi connectivity index (χ4n) is 3.24. The average molecular weight is 371 g/mol. The van der Waals surface area contributed by atoms with Gasteiger partial charge in [-0.2, -0.15) is 0 Å². The van der Waals surface area contributed by atoms with E-state index in [1.807, 2.05) is 19.1 Å². The predicted molar refractivity (Wildman–Crippen MR) is 100 cm³/mol. The van der Waals surface area contributed by atoms with Gasteiger partial charge in [-0.05, 0) is 54.8 Å². The highest BCUT2D eigenvalue weighted by Crippen LogP contribution is 2.36. The third-order valence-electron chi connectivity index (χ3n) is 4.87. The van der Waals surface area contributed by atoms with Crippen LogP contribution < -0.4 is 10.6 Å². The summed E-state index contributed by atoms with van der Waals surface area (Å²) in [5.74, 6) is -0.722. The Labute approximate surface area is 156 Å². The third-order valence-corrected chi connectivity index (χ3v) is 5.12. The number of hydrogen-bond acceptors (Lipinski definition) is 3. The van der Waals surface area contributed by atoms with Crippen LogP contribution in [0.15, 0.2) is 48.5 Å². The summed E-state index contributed by atoms with van der Waals surface area (Å²) >= 11 is 5.83. The highest BCUT2D eigenvalue weighted by Gasteiger charge is 2.42. The summed E-state index contributed by atoms with van der Waals surface area (Å²) in [6.07, 6.45) is 1.42. The van der Waals surface area contributed by atoms with Gasteiger partial charge in [-0.25, -0.2) is 0 Å². The second kappa shape index (κ2) is 7.30. The van der Waals surface area contributed by atoms with E-state index in [-0.39, 0.29) is 17.7 Å². The molecule has 1 heterocycles. The summed E-state index contributed by atoms with van der Waals surface area (Å²) in [6, 6.07) is 13.8. The molecule has 134 valence electrons. The molecule has 0 bridgehead atoms. The summed E-state index contributed by atoms with van der Waals surface area (Å²) in [5, 5.41) is 5.82. The molecule has 1 unspecified atom stereocenters. The molecule has 0 spiro atoms. The van der Waals surface area contributed by atoms with E-state index in [4.69, 9.17) is 11.6 Å². The fourth-order valence-corrected chi connectivity index (χ4v) is 3.37. The number of imide groups is 1. The first-order chi connectivity index (χ1) is 12.4. The van der Waals surface area contributed by atoms with Crippen LogP contribution in [0.3, 0.4) is 0 Å². The first-order valence-corrected chi connectivity index (χ1v) is 8.84. The van der Waals surface area contributed by atoms with Gasteiger partial charge in [0.15, 0.2) is 0 Å². The maximum absolute atomic E-state index is 12.4. The maximum atomic E-state index is 12.4. The Bertz CT molecular complexity index is 846. The third kappa shape index (κ3) is 3.48. The van der Waals surface area contributed by atoms with Crippen molar-refractivity contribution in [3.05, 3.63) is 64.7 Å². The van der Waals surface area contributed by atoms with Crippen LogP contribution in [0.1, 0.15) is 42.1 Å². The van der Waals surface area contributed by atoms with Crippen LogP contribution in [0.2, 0.25) is 5.02 Å². The maximum Gasteiger partial charge on any atom is 0.255 e. The highest BCUT2D eigenvalue weighted by molar-refractivity contribution is 6.30. The van der Waals surface area contributed by atoms with Crippen molar-refractivity contribution in [1.29, 1.82) is 0 Å². The zero-order valence-electron chi connectivity index (χ0n) is 14.3. The zero-order valence-corrected chi connectivity index (χ0v) is 15.1. The van der Waals surface area contributed by atoms with E-state index >= 15 is 0 Å². The molecule has 1 fully saturated rings. The SMILES string of the molecule is CCC1(c2ccc(NC(=O)c3ccc(Cl)cc3)cc2)CCC(=O)NC1=O. The molecule has 3 rings (SSSR count). The normalized spacial score (nSPS) is 19.8.